The Labute approximate surface area is 199 Å². The third-order valence-electron chi connectivity index (χ3n) is 4.68. The van der Waals surface area contributed by atoms with Crippen molar-refractivity contribution in [1.82, 2.24) is 4.90 Å². The van der Waals surface area contributed by atoms with Crippen LogP contribution >= 0.6 is 11.6 Å². The van der Waals surface area contributed by atoms with Crippen LogP contribution in [0.5, 0.6) is 23.0 Å². The van der Waals surface area contributed by atoms with Crippen molar-refractivity contribution in [2.24, 2.45) is 5.73 Å². The molecule has 2 amide bonds. The zero-order chi connectivity index (χ0) is 24.4. The summed E-state index contributed by atoms with van der Waals surface area (Å²) in [5, 5.41) is 0.148. The highest BCUT2D eigenvalue weighted by atomic mass is 35.5. The molecule has 0 atom stereocenters. The van der Waals surface area contributed by atoms with Gasteiger partial charge in [0.2, 0.25) is 0 Å². The van der Waals surface area contributed by atoms with Crippen LogP contribution in [0.2, 0.25) is 5.02 Å². The molecule has 0 aliphatic carbocycles. The van der Waals surface area contributed by atoms with Gasteiger partial charge in [-0.15, -0.1) is 0 Å². The Balaban J connectivity index is 2.29. The summed E-state index contributed by atoms with van der Waals surface area (Å²) in [4.78, 5) is 26.1. The standard InChI is InChI=1S/C24H31ClN2O6/c1-5-9-27(14-16-7-8-19(32-10-6-2)20(11-16)30-3)24(29)17-12-18(25)23(21(13-17)31-4)33-15-22(26)28/h7-8,11-13H,5-6,9-10,14-15H2,1-4H3,(H2,26,28). The lowest BCUT2D eigenvalue weighted by Crippen LogP contribution is -2.31. The second-order valence-electron chi connectivity index (χ2n) is 7.30. The molecular formula is C24H31ClN2O6. The number of nitrogens with zero attached hydrogens (tertiary/aromatic N) is 1. The van der Waals surface area contributed by atoms with Gasteiger partial charge in [-0.2, -0.15) is 0 Å². The van der Waals surface area contributed by atoms with Crippen LogP contribution in [0.4, 0.5) is 0 Å². The summed E-state index contributed by atoms with van der Waals surface area (Å²) in [5.41, 5.74) is 6.37. The fourth-order valence-electron chi connectivity index (χ4n) is 3.19. The Bertz CT molecular complexity index is 966. The van der Waals surface area contributed by atoms with Crippen LogP contribution in [0.15, 0.2) is 30.3 Å². The maximum Gasteiger partial charge on any atom is 0.255 e. The second-order valence-corrected chi connectivity index (χ2v) is 7.71. The fraction of sp³-hybridized carbons (Fsp3) is 0.417. The number of nitrogens with two attached hydrogens (primary N) is 1. The molecule has 2 aromatic rings. The van der Waals surface area contributed by atoms with Gasteiger partial charge in [-0.25, -0.2) is 0 Å². The largest absolute Gasteiger partial charge is 0.493 e. The Morgan fingerprint density at radius 1 is 0.970 bits per heavy atom. The molecule has 33 heavy (non-hydrogen) atoms. The Kier molecular flexibility index (Phi) is 10.1. The van der Waals surface area contributed by atoms with E-state index < -0.39 is 5.91 Å². The number of benzene rings is 2. The number of primary amides is 1. The molecule has 0 saturated carbocycles. The SMILES string of the molecule is CCCOc1ccc(CN(CCC)C(=O)c2cc(Cl)c(OCC(N)=O)c(OC)c2)cc1OC. The van der Waals surface area contributed by atoms with E-state index in [1.807, 2.05) is 32.0 Å². The van der Waals surface area contributed by atoms with E-state index in [1.165, 1.54) is 19.2 Å². The predicted octanol–water partition coefficient (Wildman–Crippen LogP) is 4.06. The molecule has 0 heterocycles. The molecule has 180 valence electrons. The molecule has 0 spiro atoms. The molecule has 0 radical (unpaired) electrons. The van der Waals surface area contributed by atoms with Crippen molar-refractivity contribution in [3.63, 3.8) is 0 Å². The quantitative estimate of drug-likeness (QED) is 0.466. The maximum absolute atomic E-state index is 13.3. The molecular weight excluding hydrogens is 448 g/mol. The van der Waals surface area contributed by atoms with Crippen LogP contribution in [-0.2, 0) is 11.3 Å². The van der Waals surface area contributed by atoms with Gasteiger partial charge in [-0.3, -0.25) is 9.59 Å². The number of rotatable bonds is 13. The first-order valence-corrected chi connectivity index (χ1v) is 11.1. The van der Waals surface area contributed by atoms with Crippen molar-refractivity contribution < 1.29 is 28.5 Å². The second kappa shape index (κ2) is 12.8. The number of carbonyl (C=O) groups excluding carboxylic acids is 2. The monoisotopic (exact) mass is 478 g/mol. The highest BCUT2D eigenvalue weighted by Crippen LogP contribution is 2.37. The lowest BCUT2D eigenvalue weighted by Gasteiger charge is -2.24. The van der Waals surface area contributed by atoms with Crippen molar-refractivity contribution >= 4 is 23.4 Å². The number of halogens is 1. The van der Waals surface area contributed by atoms with E-state index in [1.54, 1.807) is 12.0 Å². The summed E-state index contributed by atoms with van der Waals surface area (Å²) in [6, 6.07) is 8.67. The Morgan fingerprint density at radius 3 is 2.30 bits per heavy atom. The molecule has 2 N–H and O–H groups in total. The van der Waals surface area contributed by atoms with E-state index in [0.717, 1.165) is 18.4 Å². The molecule has 0 unspecified atom stereocenters. The van der Waals surface area contributed by atoms with Gasteiger partial charge in [0.15, 0.2) is 29.6 Å². The van der Waals surface area contributed by atoms with E-state index in [0.29, 0.717) is 36.8 Å². The molecule has 2 aromatic carbocycles. The highest BCUT2D eigenvalue weighted by molar-refractivity contribution is 6.32. The van der Waals surface area contributed by atoms with Crippen LogP contribution in [0.3, 0.4) is 0 Å². The van der Waals surface area contributed by atoms with Gasteiger partial charge >= 0.3 is 0 Å². The molecule has 0 fully saturated rings. The van der Waals surface area contributed by atoms with Gasteiger partial charge in [0.1, 0.15) is 0 Å². The van der Waals surface area contributed by atoms with Crippen LogP contribution in [0.1, 0.15) is 42.6 Å². The predicted molar refractivity (Wildman–Crippen MR) is 127 cm³/mol. The zero-order valence-corrected chi connectivity index (χ0v) is 20.2. The van der Waals surface area contributed by atoms with Crippen LogP contribution < -0.4 is 24.7 Å². The molecule has 2 rings (SSSR count). The summed E-state index contributed by atoms with van der Waals surface area (Å²) in [7, 11) is 3.01. The van der Waals surface area contributed by atoms with E-state index in [-0.39, 0.29) is 29.0 Å². The first-order chi connectivity index (χ1) is 15.8. The summed E-state index contributed by atoms with van der Waals surface area (Å²) in [6.07, 6.45) is 1.66. The number of hydrogen-bond donors (Lipinski definition) is 1. The summed E-state index contributed by atoms with van der Waals surface area (Å²) in [5.74, 6) is 0.810. The topological polar surface area (TPSA) is 100 Å². The molecule has 0 saturated heterocycles. The van der Waals surface area contributed by atoms with Crippen LogP contribution in [0.25, 0.3) is 0 Å². The third-order valence-corrected chi connectivity index (χ3v) is 4.96. The Morgan fingerprint density at radius 2 is 1.70 bits per heavy atom. The van der Waals surface area contributed by atoms with Gasteiger partial charge in [-0.1, -0.05) is 31.5 Å². The van der Waals surface area contributed by atoms with E-state index in [4.69, 9.17) is 36.3 Å². The smallest absolute Gasteiger partial charge is 0.255 e. The normalized spacial score (nSPS) is 10.5. The number of carbonyl (C=O) groups is 2. The van der Waals surface area contributed by atoms with Gasteiger partial charge in [0, 0.05) is 18.7 Å². The number of hydrogen-bond acceptors (Lipinski definition) is 6. The molecule has 0 aromatic heterocycles. The van der Waals surface area contributed by atoms with Gasteiger partial charge in [0.25, 0.3) is 11.8 Å². The first-order valence-electron chi connectivity index (χ1n) is 10.7. The minimum absolute atomic E-state index is 0.148. The summed E-state index contributed by atoms with van der Waals surface area (Å²) < 4.78 is 21.8. The van der Waals surface area contributed by atoms with Gasteiger partial charge in [0.05, 0.1) is 25.8 Å². The van der Waals surface area contributed by atoms with Crippen molar-refractivity contribution in [3.05, 3.63) is 46.5 Å². The van der Waals surface area contributed by atoms with Crippen molar-refractivity contribution in [2.75, 3.05) is 34.0 Å². The lowest BCUT2D eigenvalue weighted by atomic mass is 10.1. The van der Waals surface area contributed by atoms with Gasteiger partial charge in [-0.05, 0) is 42.7 Å². The number of ether oxygens (including phenoxy) is 4. The molecule has 0 aliphatic heterocycles. The molecule has 0 aliphatic rings. The zero-order valence-electron chi connectivity index (χ0n) is 19.5. The minimum Gasteiger partial charge on any atom is -0.493 e. The van der Waals surface area contributed by atoms with Gasteiger partial charge < -0.3 is 29.6 Å². The summed E-state index contributed by atoms with van der Waals surface area (Å²) >= 11 is 6.32. The van der Waals surface area contributed by atoms with Crippen molar-refractivity contribution in [2.45, 2.75) is 33.2 Å². The average molecular weight is 479 g/mol. The molecule has 0 bridgehead atoms. The van der Waals surface area contributed by atoms with Crippen LogP contribution in [0, 0.1) is 0 Å². The van der Waals surface area contributed by atoms with E-state index >= 15 is 0 Å². The Hall–Kier alpha value is -3.13. The maximum atomic E-state index is 13.3. The van der Waals surface area contributed by atoms with E-state index in [2.05, 4.69) is 0 Å². The first kappa shape index (κ1) is 26.1. The lowest BCUT2D eigenvalue weighted by molar-refractivity contribution is -0.119. The fourth-order valence-corrected chi connectivity index (χ4v) is 3.46. The van der Waals surface area contributed by atoms with Crippen molar-refractivity contribution in [1.29, 1.82) is 0 Å². The molecule has 8 nitrogen and oxygen atoms in total. The van der Waals surface area contributed by atoms with Crippen LogP contribution in [-0.4, -0.2) is 50.7 Å². The summed E-state index contributed by atoms with van der Waals surface area (Å²) in [6.45, 7) is 5.18. The minimum atomic E-state index is -0.649. The average Bonchev–Trinajstić information content (AvgIpc) is 2.80. The third kappa shape index (κ3) is 7.18. The number of amides is 2. The highest BCUT2D eigenvalue weighted by Gasteiger charge is 2.21. The van der Waals surface area contributed by atoms with E-state index in [9.17, 15) is 9.59 Å². The van der Waals surface area contributed by atoms with Crippen molar-refractivity contribution in [3.8, 4) is 23.0 Å². The number of methoxy groups -OCH3 is 2. The molecule has 9 heteroatoms.